The van der Waals surface area contributed by atoms with Crippen molar-refractivity contribution in [2.45, 2.75) is 46.4 Å². The number of imidazole rings is 1. The molecule has 2 aromatic heterocycles. The molecule has 8 heteroatoms. The molecule has 0 fully saturated rings. The number of rotatable bonds is 8. The van der Waals surface area contributed by atoms with Crippen LogP contribution in [0.1, 0.15) is 37.6 Å². The molecule has 0 aliphatic heterocycles. The van der Waals surface area contributed by atoms with Gasteiger partial charge in [-0.05, 0) is 51.0 Å². The predicted octanol–water partition coefficient (Wildman–Crippen LogP) is 5.24. The van der Waals surface area contributed by atoms with Crippen molar-refractivity contribution in [2.24, 2.45) is 0 Å². The van der Waals surface area contributed by atoms with Gasteiger partial charge in [0.05, 0.1) is 22.4 Å². The predicted molar refractivity (Wildman–Crippen MR) is 145 cm³/mol. The number of carbonyl (C=O) groups is 1. The number of alkyl carbamates (subject to hydrolysis) is 1. The van der Waals surface area contributed by atoms with Gasteiger partial charge >= 0.3 is 11.8 Å². The van der Waals surface area contributed by atoms with Crippen molar-refractivity contribution in [3.63, 3.8) is 0 Å². The third-order valence-electron chi connectivity index (χ3n) is 5.71. The molecule has 0 aliphatic carbocycles. The molecule has 2 heterocycles. The van der Waals surface area contributed by atoms with Crippen LogP contribution in [0.15, 0.2) is 72.0 Å². The summed E-state index contributed by atoms with van der Waals surface area (Å²) in [5.41, 5.74) is 3.79. The minimum absolute atomic E-state index is 0.225. The van der Waals surface area contributed by atoms with Gasteiger partial charge in [-0.25, -0.2) is 14.6 Å². The van der Waals surface area contributed by atoms with Crippen LogP contribution in [0.5, 0.6) is 5.88 Å². The molecular formula is C29H32N4O4. The average Bonchev–Trinajstić information content (AvgIpc) is 3.13. The van der Waals surface area contributed by atoms with E-state index in [2.05, 4.69) is 16.9 Å². The molecule has 0 bridgehead atoms. The van der Waals surface area contributed by atoms with Gasteiger partial charge < -0.3 is 14.8 Å². The number of fused-ring (bicyclic) bond motifs is 1. The van der Waals surface area contributed by atoms with Crippen molar-refractivity contribution in [3.8, 4) is 11.6 Å². The number of pyridine rings is 1. The Morgan fingerprint density at radius 1 is 1.08 bits per heavy atom. The molecule has 0 radical (unpaired) electrons. The summed E-state index contributed by atoms with van der Waals surface area (Å²) in [4.78, 5) is 30.4. The fraction of sp³-hybridized carbons (Fsp3) is 0.276. The molecule has 0 atom stereocenters. The van der Waals surface area contributed by atoms with E-state index < -0.39 is 11.7 Å². The smallest absolute Gasteiger partial charge is 0.407 e. The van der Waals surface area contributed by atoms with Crippen molar-refractivity contribution in [1.82, 2.24) is 19.4 Å². The fourth-order valence-corrected chi connectivity index (χ4v) is 4.11. The van der Waals surface area contributed by atoms with Crippen LogP contribution >= 0.6 is 0 Å². The Kier molecular flexibility index (Phi) is 7.47. The minimum Gasteiger partial charge on any atom is -0.473 e. The number of benzene rings is 2. The Bertz CT molecular complexity index is 1480. The quantitative estimate of drug-likeness (QED) is 0.357. The summed E-state index contributed by atoms with van der Waals surface area (Å²) >= 11 is 0. The lowest BCUT2D eigenvalue weighted by atomic mass is 10.1. The van der Waals surface area contributed by atoms with E-state index in [-0.39, 0.29) is 18.8 Å². The van der Waals surface area contributed by atoms with Crippen molar-refractivity contribution in [3.05, 3.63) is 94.5 Å². The van der Waals surface area contributed by atoms with Crippen LogP contribution in [0.4, 0.5) is 4.79 Å². The summed E-state index contributed by atoms with van der Waals surface area (Å²) in [5.74, 6) is 0.482. The highest BCUT2D eigenvalue weighted by molar-refractivity contribution is 5.87. The number of ether oxygens (including phenoxy) is 2. The second-order valence-electron chi connectivity index (χ2n) is 9.65. The van der Waals surface area contributed by atoms with Crippen LogP contribution < -0.4 is 15.7 Å². The van der Waals surface area contributed by atoms with E-state index in [4.69, 9.17) is 9.47 Å². The highest BCUT2D eigenvalue weighted by Crippen LogP contribution is 2.25. The number of hydrogen-bond acceptors (Lipinski definition) is 5. The van der Waals surface area contributed by atoms with Gasteiger partial charge in [-0.15, -0.1) is 0 Å². The van der Waals surface area contributed by atoms with Gasteiger partial charge in [0.2, 0.25) is 5.88 Å². The number of hydrogen-bond donors (Lipinski definition) is 1. The molecule has 2 aromatic carbocycles. The molecule has 4 rings (SSSR count). The molecule has 0 unspecified atom stereocenters. The molecule has 0 aliphatic rings. The van der Waals surface area contributed by atoms with E-state index in [0.29, 0.717) is 23.9 Å². The molecule has 8 nitrogen and oxygen atoms in total. The fourth-order valence-electron chi connectivity index (χ4n) is 4.11. The summed E-state index contributed by atoms with van der Waals surface area (Å²) in [5, 5.41) is 2.73. The zero-order chi connectivity index (χ0) is 26.6. The lowest BCUT2D eigenvalue weighted by molar-refractivity contribution is 0.0526. The molecule has 1 N–H and O–H groups in total. The molecule has 1 amide bonds. The van der Waals surface area contributed by atoms with Crippen LogP contribution in [0.2, 0.25) is 0 Å². The largest absolute Gasteiger partial charge is 0.473 e. The van der Waals surface area contributed by atoms with Gasteiger partial charge in [0.25, 0.3) is 0 Å². The molecule has 0 saturated carbocycles. The number of para-hydroxylation sites is 1. The highest BCUT2D eigenvalue weighted by atomic mass is 16.6. The Hall–Kier alpha value is -4.33. The first-order valence-electron chi connectivity index (χ1n) is 12.2. The van der Waals surface area contributed by atoms with Crippen LogP contribution in [-0.2, 0) is 17.9 Å². The first-order chi connectivity index (χ1) is 17.7. The number of aromatic nitrogens is 3. The van der Waals surface area contributed by atoms with E-state index >= 15 is 0 Å². The van der Waals surface area contributed by atoms with E-state index in [1.807, 2.05) is 61.5 Å². The molecule has 37 heavy (non-hydrogen) atoms. The van der Waals surface area contributed by atoms with Crippen molar-refractivity contribution < 1.29 is 14.3 Å². The second-order valence-corrected chi connectivity index (χ2v) is 9.65. The molecule has 192 valence electrons. The molecule has 0 saturated heterocycles. The van der Waals surface area contributed by atoms with Crippen LogP contribution in [0.3, 0.4) is 0 Å². The van der Waals surface area contributed by atoms with Gasteiger partial charge in [0.1, 0.15) is 12.2 Å². The Morgan fingerprint density at radius 2 is 1.84 bits per heavy atom. The first kappa shape index (κ1) is 25.8. The monoisotopic (exact) mass is 500 g/mol. The van der Waals surface area contributed by atoms with Crippen molar-refractivity contribution in [2.75, 3.05) is 6.54 Å². The van der Waals surface area contributed by atoms with Gasteiger partial charge in [0.15, 0.2) is 0 Å². The Labute approximate surface area is 216 Å². The van der Waals surface area contributed by atoms with Crippen LogP contribution in [0, 0.1) is 6.92 Å². The van der Waals surface area contributed by atoms with Gasteiger partial charge in [-0.3, -0.25) is 9.13 Å². The summed E-state index contributed by atoms with van der Waals surface area (Å²) in [7, 11) is 0. The van der Waals surface area contributed by atoms with Crippen LogP contribution in [0.25, 0.3) is 22.8 Å². The van der Waals surface area contributed by atoms with E-state index in [0.717, 1.165) is 22.2 Å². The number of carbonyl (C=O) groups excluding carboxylic acids is 1. The number of nitrogens with one attached hydrogen (secondary N) is 1. The standard InChI is InChI=1S/C29H32N4O4/c1-6-22-13-10-14-24-26(22)32(18-17-30-27(34)37-29(3,4)5)28(35)33(24)23-15-16-25(31-20(23)2)36-19-21-11-8-7-9-12-21/h6-16H,1,17-19H2,2-5H3,(H,30,34). The van der Waals surface area contributed by atoms with Crippen LogP contribution in [-0.4, -0.2) is 32.4 Å². The maximum atomic E-state index is 13.7. The maximum Gasteiger partial charge on any atom is 0.407 e. The normalized spacial score (nSPS) is 11.4. The maximum absolute atomic E-state index is 13.7. The molecular weight excluding hydrogens is 468 g/mol. The van der Waals surface area contributed by atoms with Gasteiger partial charge in [0, 0.05) is 19.2 Å². The number of amides is 1. The summed E-state index contributed by atoms with van der Waals surface area (Å²) in [6.07, 6.45) is 1.19. The molecule has 0 spiro atoms. The summed E-state index contributed by atoms with van der Waals surface area (Å²) < 4.78 is 14.5. The van der Waals surface area contributed by atoms with Gasteiger partial charge in [-0.1, -0.05) is 55.1 Å². The molecule has 4 aromatic rings. The van der Waals surface area contributed by atoms with Crippen molar-refractivity contribution in [1.29, 1.82) is 0 Å². The highest BCUT2D eigenvalue weighted by Gasteiger charge is 2.20. The zero-order valence-corrected chi connectivity index (χ0v) is 21.7. The zero-order valence-electron chi connectivity index (χ0n) is 21.7. The third kappa shape index (κ3) is 5.91. The Balaban J connectivity index is 1.65. The van der Waals surface area contributed by atoms with E-state index in [1.165, 1.54) is 0 Å². The minimum atomic E-state index is -0.603. The topological polar surface area (TPSA) is 87.4 Å². The average molecular weight is 501 g/mol. The second kappa shape index (κ2) is 10.7. The number of aryl methyl sites for hydroxylation is 1. The first-order valence-corrected chi connectivity index (χ1v) is 12.2. The van der Waals surface area contributed by atoms with Gasteiger partial charge in [-0.2, -0.15) is 0 Å². The number of nitrogens with zero attached hydrogens (tertiary/aromatic N) is 3. The lowest BCUT2D eigenvalue weighted by Crippen LogP contribution is -2.35. The SMILES string of the molecule is C=Cc1cccc2c1n(CCNC(=O)OC(C)(C)C)c(=O)n2-c1ccc(OCc2ccccc2)nc1C. The summed E-state index contributed by atoms with van der Waals surface area (Å²) in [6.45, 7) is 12.1. The summed E-state index contributed by atoms with van der Waals surface area (Å²) in [6, 6.07) is 19.2. The Morgan fingerprint density at radius 3 is 2.51 bits per heavy atom. The van der Waals surface area contributed by atoms with E-state index in [1.54, 1.807) is 42.0 Å². The van der Waals surface area contributed by atoms with E-state index in [9.17, 15) is 9.59 Å². The lowest BCUT2D eigenvalue weighted by Gasteiger charge is -2.19. The third-order valence-corrected chi connectivity index (χ3v) is 5.71. The van der Waals surface area contributed by atoms with Crippen molar-refractivity contribution >= 4 is 23.2 Å².